The predicted molar refractivity (Wildman–Crippen MR) is 52.7 cm³/mol. The summed E-state index contributed by atoms with van der Waals surface area (Å²) in [6, 6.07) is 0. The quantitative estimate of drug-likeness (QED) is 0.675. The molecule has 0 amide bonds. The number of rotatable bonds is 2. The molecular weight excluding hydrogens is 166 g/mol. The topological polar surface area (TPSA) is 41.5 Å². The van der Waals surface area contributed by atoms with Crippen LogP contribution in [0.25, 0.3) is 0 Å². The molecule has 1 atom stereocenters. The molecule has 2 N–H and O–H groups in total. The second-order valence-electron chi connectivity index (χ2n) is 5.11. The van der Waals surface area contributed by atoms with Gasteiger partial charge in [-0.05, 0) is 34.7 Å². The van der Waals surface area contributed by atoms with Gasteiger partial charge >= 0.3 is 0 Å². The summed E-state index contributed by atoms with van der Waals surface area (Å²) in [5.74, 6) is 0. The molecule has 0 aliphatic carbocycles. The molecular formula is C10H21NO2. The van der Waals surface area contributed by atoms with Crippen LogP contribution in [0.15, 0.2) is 0 Å². The Bertz CT molecular complexity index is 201. The van der Waals surface area contributed by atoms with E-state index in [2.05, 4.69) is 5.32 Å². The van der Waals surface area contributed by atoms with E-state index in [1.807, 2.05) is 34.7 Å². The second kappa shape index (κ2) is 2.94. The molecule has 3 heteroatoms. The molecule has 1 aliphatic heterocycles. The fraction of sp³-hybridized carbons (Fsp3) is 1.00. The van der Waals surface area contributed by atoms with Gasteiger partial charge in [-0.3, -0.25) is 0 Å². The lowest BCUT2D eigenvalue weighted by Crippen LogP contribution is -2.52. The van der Waals surface area contributed by atoms with Crippen molar-refractivity contribution in [3.05, 3.63) is 0 Å². The zero-order valence-electron chi connectivity index (χ0n) is 9.27. The Labute approximate surface area is 80.5 Å². The highest BCUT2D eigenvalue weighted by atomic mass is 16.5. The maximum atomic E-state index is 10.4. The largest absolute Gasteiger partial charge is 0.385 e. The molecule has 78 valence electrons. The van der Waals surface area contributed by atoms with Gasteiger partial charge in [-0.15, -0.1) is 0 Å². The summed E-state index contributed by atoms with van der Waals surface area (Å²) in [6.45, 7) is 8.49. The van der Waals surface area contributed by atoms with E-state index in [0.717, 1.165) is 0 Å². The Balaban J connectivity index is 2.86. The first-order valence-electron chi connectivity index (χ1n) is 4.80. The SMILES string of the molecule is CNCC1(O)CC(C)(C)OC1(C)C. The second-order valence-corrected chi connectivity index (χ2v) is 5.11. The number of hydrogen-bond donors (Lipinski definition) is 2. The lowest BCUT2D eigenvalue weighted by Gasteiger charge is -2.34. The zero-order valence-corrected chi connectivity index (χ0v) is 9.27. The fourth-order valence-corrected chi connectivity index (χ4v) is 2.31. The third-order valence-corrected chi connectivity index (χ3v) is 2.84. The highest BCUT2D eigenvalue weighted by Gasteiger charge is 2.55. The molecule has 1 heterocycles. The van der Waals surface area contributed by atoms with E-state index in [1.54, 1.807) is 0 Å². The number of aliphatic hydroxyl groups is 1. The van der Waals surface area contributed by atoms with Gasteiger partial charge in [0.15, 0.2) is 0 Å². The molecule has 3 nitrogen and oxygen atoms in total. The summed E-state index contributed by atoms with van der Waals surface area (Å²) in [6.07, 6.45) is 0.674. The van der Waals surface area contributed by atoms with Gasteiger partial charge in [0, 0.05) is 13.0 Å². The number of ether oxygens (including phenoxy) is 1. The molecule has 1 fully saturated rings. The van der Waals surface area contributed by atoms with E-state index in [9.17, 15) is 5.11 Å². The van der Waals surface area contributed by atoms with Gasteiger partial charge in [-0.25, -0.2) is 0 Å². The molecule has 0 aromatic carbocycles. The van der Waals surface area contributed by atoms with Crippen LogP contribution in [0.2, 0.25) is 0 Å². The van der Waals surface area contributed by atoms with E-state index in [0.29, 0.717) is 13.0 Å². The van der Waals surface area contributed by atoms with Crippen molar-refractivity contribution in [1.82, 2.24) is 5.32 Å². The zero-order chi connectivity index (χ0) is 10.3. The molecule has 0 aromatic heterocycles. The minimum Gasteiger partial charge on any atom is -0.385 e. The molecule has 1 unspecified atom stereocenters. The van der Waals surface area contributed by atoms with E-state index in [1.165, 1.54) is 0 Å². The number of likely N-dealkylation sites (N-methyl/N-ethyl adjacent to an activating group) is 1. The average Bonchev–Trinajstić information content (AvgIpc) is 1.96. The van der Waals surface area contributed by atoms with Crippen molar-refractivity contribution in [3.63, 3.8) is 0 Å². The van der Waals surface area contributed by atoms with Crippen molar-refractivity contribution in [1.29, 1.82) is 0 Å². The van der Waals surface area contributed by atoms with Crippen LogP contribution in [0.1, 0.15) is 34.1 Å². The van der Waals surface area contributed by atoms with Crippen LogP contribution in [0.3, 0.4) is 0 Å². The molecule has 0 bridgehead atoms. The number of nitrogens with one attached hydrogen (secondary N) is 1. The van der Waals surface area contributed by atoms with Gasteiger partial charge in [0.1, 0.15) is 5.60 Å². The normalized spacial score (nSPS) is 36.5. The summed E-state index contributed by atoms with van der Waals surface area (Å²) < 4.78 is 5.81. The first-order chi connectivity index (χ1) is 5.72. The van der Waals surface area contributed by atoms with Crippen LogP contribution in [0, 0.1) is 0 Å². The van der Waals surface area contributed by atoms with Crippen LogP contribution in [-0.4, -0.2) is 35.5 Å². The summed E-state index contributed by atoms with van der Waals surface area (Å²) in [7, 11) is 1.85. The van der Waals surface area contributed by atoms with Gasteiger partial charge < -0.3 is 15.2 Å². The van der Waals surface area contributed by atoms with Crippen molar-refractivity contribution in [2.24, 2.45) is 0 Å². The van der Waals surface area contributed by atoms with Crippen LogP contribution < -0.4 is 5.32 Å². The molecule has 0 saturated carbocycles. The van der Waals surface area contributed by atoms with Crippen molar-refractivity contribution in [2.75, 3.05) is 13.6 Å². The maximum Gasteiger partial charge on any atom is 0.108 e. The van der Waals surface area contributed by atoms with Gasteiger partial charge in [-0.2, -0.15) is 0 Å². The molecule has 0 radical (unpaired) electrons. The van der Waals surface area contributed by atoms with Gasteiger partial charge in [0.05, 0.1) is 11.2 Å². The molecule has 0 spiro atoms. The van der Waals surface area contributed by atoms with Crippen molar-refractivity contribution in [2.45, 2.75) is 50.9 Å². The van der Waals surface area contributed by atoms with E-state index >= 15 is 0 Å². The first-order valence-corrected chi connectivity index (χ1v) is 4.80. The molecule has 0 aromatic rings. The average molecular weight is 187 g/mol. The summed E-state index contributed by atoms with van der Waals surface area (Å²) in [4.78, 5) is 0. The van der Waals surface area contributed by atoms with E-state index in [4.69, 9.17) is 4.74 Å². The highest BCUT2D eigenvalue weighted by molar-refractivity contribution is 5.07. The van der Waals surface area contributed by atoms with Crippen molar-refractivity contribution < 1.29 is 9.84 Å². The summed E-state index contributed by atoms with van der Waals surface area (Å²) in [5.41, 5.74) is -1.46. The summed E-state index contributed by atoms with van der Waals surface area (Å²) >= 11 is 0. The van der Waals surface area contributed by atoms with Crippen LogP contribution in [-0.2, 0) is 4.74 Å². The lowest BCUT2D eigenvalue weighted by molar-refractivity contribution is -0.124. The summed E-state index contributed by atoms with van der Waals surface area (Å²) in [5, 5.41) is 13.4. The lowest BCUT2D eigenvalue weighted by atomic mass is 9.82. The third-order valence-electron chi connectivity index (χ3n) is 2.84. The van der Waals surface area contributed by atoms with E-state index < -0.39 is 11.2 Å². The molecule has 1 rings (SSSR count). The Morgan fingerprint density at radius 3 is 2.15 bits per heavy atom. The highest BCUT2D eigenvalue weighted by Crippen LogP contribution is 2.44. The maximum absolute atomic E-state index is 10.4. The fourth-order valence-electron chi connectivity index (χ4n) is 2.31. The Morgan fingerprint density at radius 1 is 1.31 bits per heavy atom. The molecule has 13 heavy (non-hydrogen) atoms. The van der Waals surface area contributed by atoms with Crippen molar-refractivity contribution >= 4 is 0 Å². The minimum atomic E-state index is -0.759. The van der Waals surface area contributed by atoms with Crippen molar-refractivity contribution in [3.8, 4) is 0 Å². The van der Waals surface area contributed by atoms with Gasteiger partial charge in [-0.1, -0.05) is 0 Å². The minimum absolute atomic E-state index is 0.227. The van der Waals surface area contributed by atoms with Gasteiger partial charge in [0.2, 0.25) is 0 Å². The van der Waals surface area contributed by atoms with E-state index in [-0.39, 0.29) is 5.60 Å². The van der Waals surface area contributed by atoms with Gasteiger partial charge in [0.25, 0.3) is 0 Å². The standard InChI is InChI=1S/C10H21NO2/c1-8(2)6-10(12,7-11-5)9(3,4)13-8/h11-12H,6-7H2,1-5H3. The first kappa shape index (κ1) is 11.0. The monoisotopic (exact) mass is 187 g/mol. The Hall–Kier alpha value is -0.120. The smallest absolute Gasteiger partial charge is 0.108 e. The van der Waals surface area contributed by atoms with Crippen LogP contribution in [0.5, 0.6) is 0 Å². The number of hydrogen-bond acceptors (Lipinski definition) is 3. The molecule has 1 saturated heterocycles. The van der Waals surface area contributed by atoms with Crippen LogP contribution in [0.4, 0.5) is 0 Å². The Morgan fingerprint density at radius 2 is 1.85 bits per heavy atom. The molecule has 1 aliphatic rings. The van der Waals surface area contributed by atoms with Crippen LogP contribution >= 0.6 is 0 Å². The predicted octanol–water partition coefficient (Wildman–Crippen LogP) is 0.914. The third kappa shape index (κ3) is 1.87. The Kier molecular flexibility index (Phi) is 2.48.